The number of hydrogen-bond acceptors (Lipinski definition) is 3. The van der Waals surface area contributed by atoms with Crippen molar-refractivity contribution in [1.82, 2.24) is 9.80 Å². The van der Waals surface area contributed by atoms with E-state index >= 15 is 0 Å². The number of likely N-dealkylation sites (tertiary alicyclic amines) is 1. The summed E-state index contributed by atoms with van der Waals surface area (Å²) >= 11 is 0. The highest BCUT2D eigenvalue weighted by molar-refractivity contribution is 5.84. The summed E-state index contributed by atoms with van der Waals surface area (Å²) in [6.07, 6.45) is 3.87. The molecule has 2 atom stereocenters. The van der Waals surface area contributed by atoms with E-state index in [1.54, 1.807) is 12.1 Å². The van der Waals surface area contributed by atoms with Crippen LogP contribution in [0.25, 0.3) is 0 Å². The molecule has 4 rings (SSSR count). The summed E-state index contributed by atoms with van der Waals surface area (Å²) in [5.41, 5.74) is 0.465. The van der Waals surface area contributed by atoms with Gasteiger partial charge in [0.2, 0.25) is 11.8 Å². The van der Waals surface area contributed by atoms with Crippen LogP contribution in [-0.4, -0.2) is 53.1 Å². The van der Waals surface area contributed by atoms with Gasteiger partial charge in [0, 0.05) is 25.9 Å². The van der Waals surface area contributed by atoms with Crippen LogP contribution in [0.3, 0.4) is 0 Å². The van der Waals surface area contributed by atoms with Crippen molar-refractivity contribution in [1.29, 1.82) is 0 Å². The van der Waals surface area contributed by atoms with E-state index in [1.165, 1.54) is 12.1 Å². The Morgan fingerprint density at radius 3 is 2.88 bits per heavy atom. The van der Waals surface area contributed by atoms with Crippen molar-refractivity contribution in [2.75, 3.05) is 19.7 Å². The maximum Gasteiger partial charge on any atom is 0.227 e. The van der Waals surface area contributed by atoms with Crippen LogP contribution in [0.5, 0.6) is 0 Å². The van der Waals surface area contributed by atoms with E-state index in [0.29, 0.717) is 32.4 Å². The minimum Gasteiger partial charge on any atom is -0.353 e. The van der Waals surface area contributed by atoms with Crippen LogP contribution in [0, 0.1) is 5.82 Å². The van der Waals surface area contributed by atoms with Gasteiger partial charge in [-0.3, -0.25) is 9.59 Å². The number of carbonyl (C=O) groups excluding carboxylic acids is 2. The molecule has 0 unspecified atom stereocenters. The first-order valence-corrected chi connectivity index (χ1v) is 9.08. The number of ether oxygens (including phenoxy) is 1. The first-order valence-electron chi connectivity index (χ1n) is 9.08. The summed E-state index contributed by atoms with van der Waals surface area (Å²) in [5.74, 6) is -0.0496. The molecular formula is C19H23FN2O3. The van der Waals surface area contributed by atoms with E-state index in [4.69, 9.17) is 4.74 Å². The number of halogens is 1. The summed E-state index contributed by atoms with van der Waals surface area (Å²) in [7, 11) is 0. The zero-order chi connectivity index (χ0) is 17.4. The van der Waals surface area contributed by atoms with E-state index in [-0.39, 0.29) is 23.7 Å². The zero-order valence-corrected chi connectivity index (χ0v) is 14.2. The van der Waals surface area contributed by atoms with Gasteiger partial charge >= 0.3 is 0 Å². The molecule has 3 saturated heterocycles. The van der Waals surface area contributed by atoms with Gasteiger partial charge in [0.15, 0.2) is 5.72 Å². The molecule has 1 spiro atoms. The van der Waals surface area contributed by atoms with E-state index in [1.807, 2.05) is 9.80 Å². The zero-order valence-electron chi connectivity index (χ0n) is 14.2. The molecule has 0 saturated carbocycles. The Morgan fingerprint density at radius 2 is 2.08 bits per heavy atom. The molecule has 134 valence electrons. The van der Waals surface area contributed by atoms with Crippen molar-refractivity contribution in [3.63, 3.8) is 0 Å². The van der Waals surface area contributed by atoms with Crippen LogP contribution >= 0.6 is 0 Å². The lowest BCUT2D eigenvalue weighted by Crippen LogP contribution is -2.56. The van der Waals surface area contributed by atoms with Gasteiger partial charge in [-0.25, -0.2) is 4.39 Å². The van der Waals surface area contributed by atoms with Gasteiger partial charge in [0.25, 0.3) is 0 Å². The third-order valence-corrected chi connectivity index (χ3v) is 5.70. The lowest BCUT2D eigenvalue weighted by molar-refractivity contribution is -0.181. The number of carbonyl (C=O) groups is 2. The van der Waals surface area contributed by atoms with Crippen molar-refractivity contribution >= 4 is 11.8 Å². The molecule has 0 aliphatic carbocycles. The molecule has 6 heteroatoms. The van der Waals surface area contributed by atoms with E-state index in [2.05, 4.69) is 0 Å². The van der Waals surface area contributed by atoms with Crippen molar-refractivity contribution in [3.8, 4) is 0 Å². The van der Waals surface area contributed by atoms with E-state index in [0.717, 1.165) is 31.4 Å². The standard InChI is InChI=1S/C19H23FN2O3/c20-15-7-5-14(6-8-15)3-1-4-17(23)21-11-9-19-16(21)13-18(24)22(19)10-2-12-25-19/h5-8,16H,1-4,9-13H2/t16-,19+/m1/s1. The SMILES string of the molecule is O=C(CCCc1ccc(F)cc1)N1CC[C@@]23OCCCN2C(=O)C[C@@H]13. The Labute approximate surface area is 146 Å². The third kappa shape index (κ3) is 2.82. The highest BCUT2D eigenvalue weighted by Gasteiger charge is 2.61. The Hall–Kier alpha value is -1.95. The van der Waals surface area contributed by atoms with E-state index in [9.17, 15) is 14.0 Å². The van der Waals surface area contributed by atoms with Crippen LogP contribution in [0.2, 0.25) is 0 Å². The van der Waals surface area contributed by atoms with Gasteiger partial charge in [0.05, 0.1) is 19.1 Å². The fraction of sp³-hybridized carbons (Fsp3) is 0.579. The second kappa shape index (κ2) is 6.41. The van der Waals surface area contributed by atoms with Gasteiger partial charge in [-0.15, -0.1) is 0 Å². The first-order chi connectivity index (χ1) is 12.1. The monoisotopic (exact) mass is 346 g/mol. The molecule has 3 heterocycles. The second-order valence-corrected chi connectivity index (χ2v) is 7.13. The first kappa shape index (κ1) is 16.5. The second-order valence-electron chi connectivity index (χ2n) is 7.13. The lowest BCUT2D eigenvalue weighted by atomic mass is 10.0. The van der Waals surface area contributed by atoms with Gasteiger partial charge in [-0.2, -0.15) is 0 Å². The maximum absolute atomic E-state index is 12.9. The molecule has 5 nitrogen and oxygen atoms in total. The van der Waals surface area contributed by atoms with Gasteiger partial charge in [-0.1, -0.05) is 12.1 Å². The average Bonchev–Trinajstić information content (AvgIpc) is 3.09. The Balaban J connectivity index is 1.37. The molecule has 25 heavy (non-hydrogen) atoms. The van der Waals surface area contributed by atoms with Crippen LogP contribution in [0.1, 0.15) is 37.7 Å². The molecule has 0 aromatic heterocycles. The number of nitrogens with zero attached hydrogens (tertiary/aromatic N) is 2. The summed E-state index contributed by atoms with van der Waals surface area (Å²) in [5, 5.41) is 0. The fourth-order valence-corrected chi connectivity index (χ4v) is 4.49. The van der Waals surface area contributed by atoms with Gasteiger partial charge < -0.3 is 14.5 Å². The number of rotatable bonds is 4. The van der Waals surface area contributed by atoms with Gasteiger partial charge in [0.1, 0.15) is 5.82 Å². The number of amides is 2. The summed E-state index contributed by atoms with van der Waals surface area (Å²) in [6.45, 7) is 2.05. The van der Waals surface area contributed by atoms with Crippen LogP contribution < -0.4 is 0 Å². The van der Waals surface area contributed by atoms with Crippen LogP contribution in [-0.2, 0) is 20.7 Å². The van der Waals surface area contributed by atoms with Crippen molar-refractivity contribution in [2.24, 2.45) is 0 Å². The molecular weight excluding hydrogens is 323 g/mol. The van der Waals surface area contributed by atoms with Crippen LogP contribution in [0.15, 0.2) is 24.3 Å². The molecule has 0 radical (unpaired) electrons. The minimum atomic E-state index is -0.568. The van der Waals surface area contributed by atoms with E-state index < -0.39 is 5.72 Å². The Bertz CT molecular complexity index is 678. The number of benzene rings is 1. The fourth-order valence-electron chi connectivity index (χ4n) is 4.49. The normalized spacial score (nSPS) is 28.2. The molecule has 3 aliphatic rings. The predicted molar refractivity (Wildman–Crippen MR) is 89.1 cm³/mol. The maximum atomic E-state index is 12.9. The minimum absolute atomic E-state index is 0.0906. The van der Waals surface area contributed by atoms with Crippen molar-refractivity contribution in [2.45, 2.75) is 50.3 Å². The molecule has 0 bridgehead atoms. The van der Waals surface area contributed by atoms with Crippen molar-refractivity contribution < 1.29 is 18.7 Å². The molecule has 0 N–H and O–H groups in total. The smallest absolute Gasteiger partial charge is 0.227 e. The lowest BCUT2D eigenvalue weighted by Gasteiger charge is -2.42. The largest absolute Gasteiger partial charge is 0.353 e. The molecule has 3 aliphatic heterocycles. The highest BCUT2D eigenvalue weighted by Crippen LogP contribution is 2.45. The average molecular weight is 346 g/mol. The van der Waals surface area contributed by atoms with Gasteiger partial charge in [-0.05, 0) is 37.0 Å². The van der Waals surface area contributed by atoms with Crippen molar-refractivity contribution in [3.05, 3.63) is 35.6 Å². The Morgan fingerprint density at radius 1 is 1.28 bits per heavy atom. The molecule has 1 aromatic rings. The topological polar surface area (TPSA) is 49.9 Å². The summed E-state index contributed by atoms with van der Waals surface area (Å²) < 4.78 is 19.0. The summed E-state index contributed by atoms with van der Waals surface area (Å²) in [4.78, 5) is 28.7. The molecule has 1 aromatic carbocycles. The molecule has 2 amide bonds. The van der Waals surface area contributed by atoms with Crippen LogP contribution in [0.4, 0.5) is 4.39 Å². The molecule has 3 fully saturated rings. The quantitative estimate of drug-likeness (QED) is 0.839. The Kier molecular flexibility index (Phi) is 4.23. The highest BCUT2D eigenvalue weighted by atomic mass is 19.1. The third-order valence-electron chi connectivity index (χ3n) is 5.70. The number of hydrogen-bond donors (Lipinski definition) is 0. The predicted octanol–water partition coefficient (Wildman–Crippen LogP) is 2.10. The summed E-state index contributed by atoms with van der Waals surface area (Å²) in [6, 6.07) is 6.27. The number of aryl methyl sites for hydroxylation is 1.